The van der Waals surface area contributed by atoms with E-state index in [-0.39, 0.29) is 5.60 Å². The lowest BCUT2D eigenvalue weighted by molar-refractivity contribution is 0.0224. The molecule has 0 amide bonds. The summed E-state index contributed by atoms with van der Waals surface area (Å²) in [4.78, 5) is 0. The smallest absolute Gasteiger partial charge is 0.103 e. The van der Waals surface area contributed by atoms with Crippen LogP contribution in [-0.4, -0.2) is 5.60 Å². The molecule has 0 aliphatic heterocycles. The minimum Gasteiger partial charge on any atom is -0.493 e. The van der Waals surface area contributed by atoms with Gasteiger partial charge >= 0.3 is 0 Å². The first-order valence-corrected chi connectivity index (χ1v) is 9.07. The molecule has 0 aromatic heterocycles. The fraction of sp³-hybridized carbons (Fsp3) is 0.900. The third-order valence-electron chi connectivity index (χ3n) is 5.26. The van der Waals surface area contributed by atoms with E-state index in [1.807, 2.05) is 6.92 Å². The molecular weight excluding hydrogens is 256 g/mol. The van der Waals surface area contributed by atoms with Gasteiger partial charge in [-0.3, -0.25) is 0 Å². The average molecular weight is 295 g/mol. The van der Waals surface area contributed by atoms with E-state index < -0.39 is 0 Å². The summed E-state index contributed by atoms with van der Waals surface area (Å²) in [5.41, 5.74) is 0.416. The molecule has 0 heterocycles. The highest BCUT2D eigenvalue weighted by Gasteiger charge is 2.30. The molecule has 0 bridgehead atoms. The SMILES string of the molecule is C=C(C)OC(C)(C)CCCC(C)(C)C1CCCCCCC1. The van der Waals surface area contributed by atoms with Crippen LogP contribution >= 0.6 is 0 Å². The zero-order valence-corrected chi connectivity index (χ0v) is 15.3. The van der Waals surface area contributed by atoms with Gasteiger partial charge in [-0.25, -0.2) is 0 Å². The monoisotopic (exact) mass is 294 g/mol. The summed E-state index contributed by atoms with van der Waals surface area (Å²) in [6.07, 6.45) is 13.8. The Kier molecular flexibility index (Phi) is 7.30. The summed E-state index contributed by atoms with van der Waals surface area (Å²) >= 11 is 0. The molecule has 0 aromatic carbocycles. The second-order valence-electron chi connectivity index (χ2n) is 8.45. The molecule has 0 saturated heterocycles. The largest absolute Gasteiger partial charge is 0.493 e. The summed E-state index contributed by atoms with van der Waals surface area (Å²) in [6, 6.07) is 0. The molecule has 1 rings (SSSR count). The van der Waals surface area contributed by atoms with Gasteiger partial charge in [0.15, 0.2) is 0 Å². The Bertz CT molecular complexity index is 306. The summed E-state index contributed by atoms with van der Waals surface area (Å²) in [5, 5.41) is 0. The average Bonchev–Trinajstić information content (AvgIpc) is 2.24. The molecule has 1 aliphatic rings. The Hall–Kier alpha value is -0.460. The molecule has 124 valence electrons. The van der Waals surface area contributed by atoms with Crippen molar-refractivity contribution in [2.75, 3.05) is 0 Å². The Balaban J connectivity index is 2.41. The van der Waals surface area contributed by atoms with Crippen LogP contribution in [0.1, 0.15) is 98.8 Å². The first kappa shape index (κ1) is 18.6. The maximum Gasteiger partial charge on any atom is 0.103 e. The van der Waals surface area contributed by atoms with Gasteiger partial charge in [0.05, 0.1) is 5.76 Å². The third-order valence-corrected chi connectivity index (χ3v) is 5.26. The predicted octanol–water partition coefficient (Wildman–Crippen LogP) is 6.87. The first-order chi connectivity index (χ1) is 9.73. The molecule has 0 radical (unpaired) electrons. The van der Waals surface area contributed by atoms with Crippen molar-refractivity contribution in [3.05, 3.63) is 12.3 Å². The van der Waals surface area contributed by atoms with Crippen molar-refractivity contribution in [3.8, 4) is 0 Å². The fourth-order valence-electron chi connectivity index (χ4n) is 3.93. The molecule has 0 spiro atoms. The van der Waals surface area contributed by atoms with Crippen molar-refractivity contribution in [2.24, 2.45) is 11.3 Å². The van der Waals surface area contributed by atoms with Crippen molar-refractivity contribution < 1.29 is 4.74 Å². The van der Waals surface area contributed by atoms with Crippen molar-refractivity contribution in [1.82, 2.24) is 0 Å². The van der Waals surface area contributed by atoms with Crippen LogP contribution in [0, 0.1) is 11.3 Å². The quantitative estimate of drug-likeness (QED) is 0.465. The molecule has 1 heteroatoms. The molecule has 1 fully saturated rings. The van der Waals surface area contributed by atoms with Gasteiger partial charge in [0.2, 0.25) is 0 Å². The van der Waals surface area contributed by atoms with Gasteiger partial charge < -0.3 is 4.74 Å². The molecule has 0 unspecified atom stereocenters. The molecule has 0 N–H and O–H groups in total. The molecular formula is C20H38O. The predicted molar refractivity (Wildman–Crippen MR) is 93.4 cm³/mol. The van der Waals surface area contributed by atoms with Crippen molar-refractivity contribution in [1.29, 1.82) is 0 Å². The molecule has 1 saturated carbocycles. The maximum atomic E-state index is 5.84. The number of allylic oxidation sites excluding steroid dienone is 1. The molecule has 0 atom stereocenters. The number of hydrogen-bond acceptors (Lipinski definition) is 1. The lowest BCUT2D eigenvalue weighted by Gasteiger charge is -2.37. The Morgan fingerprint density at radius 3 is 2.00 bits per heavy atom. The first-order valence-electron chi connectivity index (χ1n) is 9.07. The molecule has 21 heavy (non-hydrogen) atoms. The standard InChI is InChI=1S/C20H38O/c1-17(2)21-20(5,6)16-12-15-19(3,4)18-13-10-8-7-9-11-14-18/h18H,1,7-16H2,2-6H3. The summed E-state index contributed by atoms with van der Waals surface area (Å²) in [5.74, 6) is 1.75. The number of hydrogen-bond donors (Lipinski definition) is 0. The van der Waals surface area contributed by atoms with Gasteiger partial charge in [0.1, 0.15) is 5.60 Å². The highest BCUT2D eigenvalue weighted by Crippen LogP contribution is 2.41. The van der Waals surface area contributed by atoms with E-state index >= 15 is 0 Å². The van der Waals surface area contributed by atoms with Crippen LogP contribution in [0.3, 0.4) is 0 Å². The molecule has 1 aliphatic carbocycles. The Labute approximate surface area is 133 Å². The maximum absolute atomic E-state index is 5.84. The minimum atomic E-state index is -0.0666. The van der Waals surface area contributed by atoms with E-state index in [0.29, 0.717) is 5.41 Å². The van der Waals surface area contributed by atoms with Crippen molar-refractivity contribution in [2.45, 2.75) is 104 Å². The summed E-state index contributed by atoms with van der Waals surface area (Å²) in [6.45, 7) is 15.2. The molecule has 1 nitrogen and oxygen atoms in total. The zero-order valence-electron chi connectivity index (χ0n) is 15.3. The summed E-state index contributed by atoms with van der Waals surface area (Å²) in [7, 11) is 0. The Morgan fingerprint density at radius 2 is 1.48 bits per heavy atom. The minimum absolute atomic E-state index is 0.0666. The van der Waals surface area contributed by atoms with E-state index in [4.69, 9.17) is 4.74 Å². The van der Waals surface area contributed by atoms with E-state index in [0.717, 1.165) is 18.1 Å². The van der Waals surface area contributed by atoms with Crippen molar-refractivity contribution >= 4 is 0 Å². The van der Waals surface area contributed by atoms with Crippen molar-refractivity contribution in [3.63, 3.8) is 0 Å². The lowest BCUT2D eigenvalue weighted by atomic mass is 9.69. The van der Waals surface area contributed by atoms with Crippen LogP contribution < -0.4 is 0 Å². The highest BCUT2D eigenvalue weighted by atomic mass is 16.5. The fourth-order valence-corrected chi connectivity index (χ4v) is 3.93. The van der Waals surface area contributed by atoms with E-state index in [9.17, 15) is 0 Å². The van der Waals surface area contributed by atoms with Gasteiger partial charge in [-0.15, -0.1) is 0 Å². The second kappa shape index (κ2) is 8.25. The van der Waals surface area contributed by atoms with Gasteiger partial charge in [0, 0.05) is 0 Å². The second-order valence-corrected chi connectivity index (χ2v) is 8.45. The molecule has 0 aromatic rings. The number of ether oxygens (including phenoxy) is 1. The zero-order chi connectivity index (χ0) is 15.9. The normalized spacial score (nSPS) is 18.9. The van der Waals surface area contributed by atoms with Gasteiger partial charge in [-0.05, 0) is 64.2 Å². The van der Waals surface area contributed by atoms with E-state index in [1.165, 1.54) is 57.8 Å². The van der Waals surface area contributed by atoms with Gasteiger partial charge in [0.25, 0.3) is 0 Å². The van der Waals surface area contributed by atoms with Crippen LogP contribution in [0.5, 0.6) is 0 Å². The van der Waals surface area contributed by atoms with Crippen LogP contribution in [0.25, 0.3) is 0 Å². The van der Waals surface area contributed by atoms with Crippen LogP contribution in [-0.2, 0) is 4.74 Å². The number of rotatable bonds is 7. The third kappa shape index (κ3) is 7.38. The van der Waals surface area contributed by atoms with Gasteiger partial charge in [-0.1, -0.05) is 52.5 Å². The van der Waals surface area contributed by atoms with E-state index in [1.54, 1.807) is 0 Å². The van der Waals surface area contributed by atoms with Crippen LogP contribution in [0.2, 0.25) is 0 Å². The van der Waals surface area contributed by atoms with Crippen LogP contribution in [0.15, 0.2) is 12.3 Å². The van der Waals surface area contributed by atoms with E-state index in [2.05, 4.69) is 34.3 Å². The summed E-state index contributed by atoms with van der Waals surface area (Å²) < 4.78 is 5.84. The lowest BCUT2D eigenvalue weighted by Crippen LogP contribution is -2.27. The topological polar surface area (TPSA) is 9.23 Å². The van der Waals surface area contributed by atoms with Crippen LogP contribution in [0.4, 0.5) is 0 Å². The Morgan fingerprint density at radius 1 is 0.952 bits per heavy atom. The highest BCUT2D eigenvalue weighted by molar-refractivity contribution is 4.84. The van der Waals surface area contributed by atoms with Gasteiger partial charge in [-0.2, -0.15) is 0 Å².